The Labute approximate surface area is 173 Å². The Balaban J connectivity index is 2.18. The van der Waals surface area contributed by atoms with E-state index in [0.717, 1.165) is 6.07 Å². The van der Waals surface area contributed by atoms with Crippen LogP contribution >= 0.6 is 11.6 Å². The van der Waals surface area contributed by atoms with Crippen molar-refractivity contribution in [1.82, 2.24) is 0 Å². The van der Waals surface area contributed by atoms with Gasteiger partial charge in [0, 0.05) is 12.1 Å². The standard InChI is InChI=1S/C22H21ClFNO4/c1-12(2)9-18(26)19-20(13-5-4-6-15(10-13)29-3)25(22(28)21(19)27)14-7-8-17(24)16(23)11-14/h4-8,10-12,20,27H,9H2,1-3H3. The highest BCUT2D eigenvalue weighted by Gasteiger charge is 2.44. The van der Waals surface area contributed by atoms with Crippen LogP contribution in [0.25, 0.3) is 0 Å². The summed E-state index contributed by atoms with van der Waals surface area (Å²) in [6.45, 7) is 3.76. The van der Waals surface area contributed by atoms with Gasteiger partial charge < -0.3 is 9.84 Å². The average molecular weight is 418 g/mol. The molecule has 0 aromatic heterocycles. The molecular formula is C22H21ClFNO4. The third kappa shape index (κ3) is 3.98. The van der Waals surface area contributed by atoms with Gasteiger partial charge in [-0.3, -0.25) is 14.5 Å². The second kappa shape index (κ2) is 8.25. The lowest BCUT2D eigenvalue weighted by molar-refractivity contribution is -0.118. The number of methoxy groups -OCH3 is 1. The molecule has 29 heavy (non-hydrogen) atoms. The van der Waals surface area contributed by atoms with Gasteiger partial charge in [-0.15, -0.1) is 0 Å². The number of aliphatic hydroxyl groups is 1. The van der Waals surface area contributed by atoms with Gasteiger partial charge in [-0.2, -0.15) is 0 Å². The molecule has 7 heteroatoms. The minimum absolute atomic E-state index is 0.0115. The fourth-order valence-corrected chi connectivity index (χ4v) is 3.57. The van der Waals surface area contributed by atoms with E-state index in [9.17, 15) is 19.1 Å². The van der Waals surface area contributed by atoms with Crippen LogP contribution in [0.4, 0.5) is 10.1 Å². The van der Waals surface area contributed by atoms with E-state index in [2.05, 4.69) is 0 Å². The molecule has 1 amide bonds. The van der Waals surface area contributed by atoms with E-state index in [-0.39, 0.29) is 34.4 Å². The smallest absolute Gasteiger partial charge is 0.294 e. The van der Waals surface area contributed by atoms with Crippen LogP contribution in [0.3, 0.4) is 0 Å². The van der Waals surface area contributed by atoms with E-state index in [0.29, 0.717) is 11.3 Å². The Morgan fingerprint density at radius 1 is 1.28 bits per heavy atom. The summed E-state index contributed by atoms with van der Waals surface area (Å²) in [5.74, 6) is -1.73. The predicted molar refractivity (Wildman–Crippen MR) is 109 cm³/mol. The van der Waals surface area contributed by atoms with Crippen molar-refractivity contribution in [2.75, 3.05) is 12.0 Å². The minimum Gasteiger partial charge on any atom is -0.503 e. The summed E-state index contributed by atoms with van der Waals surface area (Å²) in [5.41, 5.74) is 0.861. The molecule has 0 saturated carbocycles. The number of aliphatic hydroxyl groups excluding tert-OH is 1. The van der Waals surface area contributed by atoms with Crippen molar-refractivity contribution >= 4 is 29.0 Å². The molecule has 0 radical (unpaired) electrons. The third-order valence-electron chi connectivity index (χ3n) is 4.69. The van der Waals surface area contributed by atoms with Gasteiger partial charge in [0.05, 0.1) is 23.7 Å². The van der Waals surface area contributed by atoms with Gasteiger partial charge >= 0.3 is 0 Å². The molecule has 1 aliphatic rings. The highest BCUT2D eigenvalue weighted by Crippen LogP contribution is 2.43. The van der Waals surface area contributed by atoms with Crippen LogP contribution in [0, 0.1) is 11.7 Å². The summed E-state index contributed by atoms with van der Waals surface area (Å²) in [6, 6.07) is 9.83. The molecule has 1 unspecified atom stereocenters. The zero-order chi connectivity index (χ0) is 21.3. The molecule has 0 fully saturated rings. The van der Waals surface area contributed by atoms with Gasteiger partial charge in [-0.05, 0) is 41.8 Å². The van der Waals surface area contributed by atoms with Crippen molar-refractivity contribution in [3.05, 3.63) is 70.2 Å². The molecule has 2 aromatic rings. The first-order chi connectivity index (χ1) is 13.7. The van der Waals surface area contributed by atoms with Crippen molar-refractivity contribution in [2.45, 2.75) is 26.3 Å². The van der Waals surface area contributed by atoms with Crippen molar-refractivity contribution in [1.29, 1.82) is 0 Å². The largest absolute Gasteiger partial charge is 0.503 e. The van der Waals surface area contributed by atoms with Gasteiger partial charge in [0.25, 0.3) is 5.91 Å². The van der Waals surface area contributed by atoms with E-state index >= 15 is 0 Å². The second-order valence-corrected chi connectivity index (χ2v) is 7.64. The van der Waals surface area contributed by atoms with Crippen molar-refractivity contribution in [3.8, 4) is 5.75 Å². The highest BCUT2D eigenvalue weighted by atomic mass is 35.5. The number of rotatable bonds is 6. The molecule has 3 rings (SSSR count). The first kappa shape index (κ1) is 20.9. The zero-order valence-electron chi connectivity index (χ0n) is 16.3. The quantitative estimate of drug-likeness (QED) is 0.718. The monoisotopic (exact) mass is 417 g/mol. The number of Topliss-reactive ketones (excluding diaryl/α,β-unsaturated/α-hetero) is 1. The van der Waals surface area contributed by atoms with Crippen LogP contribution in [0.5, 0.6) is 5.75 Å². The number of hydrogen-bond acceptors (Lipinski definition) is 4. The van der Waals surface area contributed by atoms with Crippen LogP contribution in [0.1, 0.15) is 31.9 Å². The fraction of sp³-hybridized carbons (Fsp3) is 0.273. The number of halogens is 2. The Bertz CT molecular complexity index is 1000. The molecule has 1 aliphatic heterocycles. The zero-order valence-corrected chi connectivity index (χ0v) is 17.0. The van der Waals surface area contributed by atoms with E-state index in [4.69, 9.17) is 16.3 Å². The lowest BCUT2D eigenvalue weighted by atomic mass is 9.92. The van der Waals surface area contributed by atoms with E-state index in [1.54, 1.807) is 24.3 Å². The van der Waals surface area contributed by atoms with E-state index in [1.165, 1.54) is 24.1 Å². The number of carbonyl (C=O) groups excluding carboxylic acids is 2. The Morgan fingerprint density at radius 2 is 2.00 bits per heavy atom. The van der Waals surface area contributed by atoms with Crippen LogP contribution in [0.2, 0.25) is 5.02 Å². The van der Waals surface area contributed by atoms with Crippen LogP contribution in [-0.4, -0.2) is 23.9 Å². The van der Waals surface area contributed by atoms with Crippen molar-refractivity contribution in [3.63, 3.8) is 0 Å². The van der Waals surface area contributed by atoms with Crippen molar-refractivity contribution in [2.24, 2.45) is 5.92 Å². The van der Waals surface area contributed by atoms with Gasteiger partial charge in [-0.25, -0.2) is 4.39 Å². The normalized spacial score (nSPS) is 16.7. The Kier molecular flexibility index (Phi) is 5.94. The van der Waals surface area contributed by atoms with Crippen LogP contribution in [-0.2, 0) is 9.59 Å². The highest BCUT2D eigenvalue weighted by molar-refractivity contribution is 6.31. The molecule has 2 aromatic carbocycles. The first-order valence-electron chi connectivity index (χ1n) is 9.13. The molecular weight excluding hydrogens is 397 g/mol. The second-order valence-electron chi connectivity index (χ2n) is 7.24. The molecule has 0 saturated heterocycles. The van der Waals surface area contributed by atoms with Crippen LogP contribution < -0.4 is 9.64 Å². The Morgan fingerprint density at radius 3 is 2.62 bits per heavy atom. The minimum atomic E-state index is -0.884. The molecule has 5 nitrogen and oxygen atoms in total. The van der Waals surface area contributed by atoms with E-state index in [1.807, 2.05) is 13.8 Å². The number of ketones is 1. The van der Waals surface area contributed by atoms with Crippen LogP contribution in [0.15, 0.2) is 53.8 Å². The van der Waals surface area contributed by atoms with Gasteiger partial charge in [0.2, 0.25) is 0 Å². The summed E-state index contributed by atoms with van der Waals surface area (Å²) >= 11 is 5.91. The van der Waals surface area contributed by atoms with Gasteiger partial charge in [0.1, 0.15) is 11.6 Å². The topological polar surface area (TPSA) is 66.8 Å². The summed E-state index contributed by atoms with van der Waals surface area (Å²) in [5, 5.41) is 10.4. The maximum Gasteiger partial charge on any atom is 0.294 e. The average Bonchev–Trinajstić information content (AvgIpc) is 2.95. The molecule has 0 bridgehead atoms. The number of carbonyl (C=O) groups is 2. The molecule has 0 aliphatic carbocycles. The molecule has 1 heterocycles. The SMILES string of the molecule is COc1cccc(C2C(C(=O)CC(C)C)=C(O)C(=O)N2c2ccc(F)c(Cl)c2)c1. The molecule has 1 atom stereocenters. The fourth-order valence-electron chi connectivity index (χ4n) is 3.40. The van der Waals surface area contributed by atoms with E-state index < -0.39 is 23.5 Å². The number of nitrogens with zero attached hydrogens (tertiary/aromatic N) is 1. The lowest BCUT2D eigenvalue weighted by Crippen LogP contribution is -2.31. The maximum atomic E-state index is 13.7. The number of hydrogen-bond donors (Lipinski definition) is 1. The number of amides is 1. The summed E-state index contributed by atoms with van der Waals surface area (Å²) < 4.78 is 18.9. The lowest BCUT2D eigenvalue weighted by Gasteiger charge is -2.27. The van der Waals surface area contributed by atoms with Crippen molar-refractivity contribution < 1.29 is 23.8 Å². The number of anilines is 1. The number of benzene rings is 2. The maximum absolute atomic E-state index is 13.7. The summed E-state index contributed by atoms with van der Waals surface area (Å²) in [7, 11) is 1.51. The molecule has 0 spiro atoms. The number of ether oxygens (including phenoxy) is 1. The predicted octanol–water partition coefficient (Wildman–Crippen LogP) is 5.00. The summed E-state index contributed by atoms with van der Waals surface area (Å²) in [6.07, 6.45) is 0.172. The molecule has 1 N–H and O–H groups in total. The summed E-state index contributed by atoms with van der Waals surface area (Å²) in [4.78, 5) is 27.1. The molecule has 152 valence electrons. The first-order valence-corrected chi connectivity index (χ1v) is 9.51. The van der Waals surface area contributed by atoms with Gasteiger partial charge in [0.15, 0.2) is 11.5 Å². The third-order valence-corrected chi connectivity index (χ3v) is 4.98. The van der Waals surface area contributed by atoms with Gasteiger partial charge in [-0.1, -0.05) is 37.6 Å². The Hall–Kier alpha value is -2.86.